The molecule has 2 atom stereocenters. The third kappa shape index (κ3) is 2.88. The van der Waals surface area contributed by atoms with Crippen LogP contribution in [0.1, 0.15) is 32.6 Å². The second-order valence-corrected chi connectivity index (χ2v) is 6.30. The lowest BCUT2D eigenvalue weighted by molar-refractivity contribution is -0.000891. The van der Waals surface area contributed by atoms with Crippen LogP contribution in [0.2, 0.25) is 5.02 Å². The van der Waals surface area contributed by atoms with Gasteiger partial charge in [-0.1, -0.05) is 31.4 Å². The molecule has 0 amide bonds. The molecule has 1 aliphatic rings. The minimum absolute atomic E-state index is 0.488. The van der Waals surface area contributed by atoms with Gasteiger partial charge >= 0.3 is 0 Å². The van der Waals surface area contributed by atoms with Crippen LogP contribution in [-0.4, -0.2) is 31.9 Å². The van der Waals surface area contributed by atoms with Gasteiger partial charge in [0.2, 0.25) is 5.95 Å². The number of nitrogens with zero attached hydrogens (tertiary/aromatic N) is 3. The Hall–Kier alpha value is -1.33. The summed E-state index contributed by atoms with van der Waals surface area (Å²) < 4.78 is 1.64. The topological polar surface area (TPSA) is 62.5 Å². The van der Waals surface area contributed by atoms with Crippen LogP contribution in [-0.2, 0) is 0 Å². The van der Waals surface area contributed by atoms with E-state index in [-0.39, 0.29) is 0 Å². The van der Waals surface area contributed by atoms with Crippen LogP contribution in [0, 0.1) is 5.92 Å². The smallest absolute Gasteiger partial charge is 0.243 e. The van der Waals surface area contributed by atoms with Crippen molar-refractivity contribution in [1.29, 1.82) is 0 Å². The van der Waals surface area contributed by atoms with Gasteiger partial charge in [0.05, 0.1) is 10.6 Å². The maximum atomic E-state index is 10.6. The highest BCUT2D eigenvalue weighted by Gasteiger charge is 2.32. The molecule has 1 fully saturated rings. The molecule has 1 saturated carbocycles. The van der Waals surface area contributed by atoms with Crippen LogP contribution in [0.3, 0.4) is 0 Å². The van der Waals surface area contributed by atoms with E-state index in [1.807, 2.05) is 6.07 Å². The molecule has 0 aromatic carbocycles. The van der Waals surface area contributed by atoms with Gasteiger partial charge in [-0.05, 0) is 30.9 Å². The largest absolute Gasteiger partial charge is 0.388 e. The average Bonchev–Trinajstić information content (AvgIpc) is 2.78. The predicted octanol–water partition coefficient (Wildman–Crippen LogP) is 2.74. The Balaban J connectivity index is 1.70. The lowest BCUT2D eigenvalue weighted by Gasteiger charge is -2.35. The summed E-state index contributed by atoms with van der Waals surface area (Å²) in [7, 11) is 0. The van der Waals surface area contributed by atoms with Gasteiger partial charge in [0, 0.05) is 12.7 Å². The maximum Gasteiger partial charge on any atom is 0.243 e. The zero-order valence-electron chi connectivity index (χ0n) is 11.5. The molecule has 1 aliphatic carbocycles. The molecular formula is C14H19ClN4O. The van der Waals surface area contributed by atoms with E-state index in [0.717, 1.165) is 24.9 Å². The number of rotatable bonds is 3. The minimum atomic E-state index is -0.646. The summed E-state index contributed by atoms with van der Waals surface area (Å²) in [5.41, 5.74) is 0.0909. The predicted molar refractivity (Wildman–Crippen MR) is 79.1 cm³/mol. The second-order valence-electron chi connectivity index (χ2n) is 5.86. The summed E-state index contributed by atoms with van der Waals surface area (Å²) in [6.45, 7) is 2.68. The first-order valence-electron chi connectivity index (χ1n) is 7.02. The highest BCUT2D eigenvalue weighted by Crippen LogP contribution is 2.32. The number of hydrogen-bond acceptors (Lipinski definition) is 4. The van der Waals surface area contributed by atoms with Crippen molar-refractivity contribution in [2.75, 3.05) is 11.9 Å². The van der Waals surface area contributed by atoms with E-state index >= 15 is 0 Å². The van der Waals surface area contributed by atoms with Crippen molar-refractivity contribution < 1.29 is 5.11 Å². The van der Waals surface area contributed by atoms with Gasteiger partial charge in [-0.15, -0.1) is 5.10 Å². The van der Waals surface area contributed by atoms with Crippen molar-refractivity contribution in [1.82, 2.24) is 14.6 Å². The Kier molecular flexibility index (Phi) is 3.56. The molecule has 0 spiro atoms. The quantitative estimate of drug-likeness (QED) is 0.914. The minimum Gasteiger partial charge on any atom is -0.388 e. The number of fused-ring (bicyclic) bond motifs is 1. The molecule has 5 nitrogen and oxygen atoms in total. The first-order valence-corrected chi connectivity index (χ1v) is 7.40. The molecule has 0 radical (unpaired) electrons. The summed E-state index contributed by atoms with van der Waals surface area (Å²) in [5, 5.41) is 18.7. The normalized spacial score (nSPS) is 26.9. The third-order valence-corrected chi connectivity index (χ3v) is 4.16. The zero-order valence-corrected chi connectivity index (χ0v) is 12.3. The van der Waals surface area contributed by atoms with E-state index < -0.39 is 5.60 Å². The van der Waals surface area contributed by atoms with E-state index in [9.17, 15) is 5.11 Å². The molecule has 2 unspecified atom stereocenters. The summed E-state index contributed by atoms with van der Waals surface area (Å²) in [5.74, 6) is 1.10. The monoisotopic (exact) mass is 294 g/mol. The van der Waals surface area contributed by atoms with Gasteiger partial charge in [0.15, 0.2) is 5.65 Å². The molecular weight excluding hydrogens is 276 g/mol. The number of aromatic nitrogens is 3. The first kappa shape index (κ1) is 13.6. The van der Waals surface area contributed by atoms with Crippen molar-refractivity contribution in [2.45, 2.75) is 38.2 Å². The highest BCUT2D eigenvalue weighted by molar-refractivity contribution is 6.30. The van der Waals surface area contributed by atoms with Crippen LogP contribution in [0.25, 0.3) is 5.65 Å². The van der Waals surface area contributed by atoms with Gasteiger partial charge < -0.3 is 10.4 Å². The van der Waals surface area contributed by atoms with E-state index in [1.54, 1.807) is 16.8 Å². The van der Waals surface area contributed by atoms with Crippen molar-refractivity contribution in [3.63, 3.8) is 0 Å². The van der Waals surface area contributed by atoms with Crippen molar-refractivity contribution in [3.8, 4) is 0 Å². The number of nitrogens with one attached hydrogen (secondary N) is 1. The van der Waals surface area contributed by atoms with Crippen LogP contribution < -0.4 is 5.32 Å². The number of pyridine rings is 1. The van der Waals surface area contributed by atoms with Crippen LogP contribution in [0.4, 0.5) is 5.95 Å². The molecule has 2 aromatic heterocycles. The van der Waals surface area contributed by atoms with Crippen LogP contribution >= 0.6 is 11.6 Å². The summed E-state index contributed by atoms with van der Waals surface area (Å²) >= 11 is 5.92. The average molecular weight is 295 g/mol. The third-order valence-electron chi connectivity index (χ3n) is 3.94. The van der Waals surface area contributed by atoms with E-state index in [1.165, 1.54) is 6.42 Å². The van der Waals surface area contributed by atoms with Crippen molar-refractivity contribution in [3.05, 3.63) is 23.4 Å². The number of anilines is 1. The van der Waals surface area contributed by atoms with Gasteiger partial charge in [0.25, 0.3) is 0 Å². The molecule has 0 bridgehead atoms. The molecule has 20 heavy (non-hydrogen) atoms. The fraction of sp³-hybridized carbons (Fsp3) is 0.571. The Labute approximate surface area is 123 Å². The number of hydrogen-bond donors (Lipinski definition) is 2. The van der Waals surface area contributed by atoms with E-state index in [2.05, 4.69) is 22.3 Å². The Morgan fingerprint density at radius 3 is 3.20 bits per heavy atom. The molecule has 108 valence electrons. The summed E-state index contributed by atoms with van der Waals surface area (Å²) in [6.07, 6.45) is 5.66. The van der Waals surface area contributed by atoms with Gasteiger partial charge in [0.1, 0.15) is 0 Å². The second kappa shape index (κ2) is 5.22. The number of aliphatic hydroxyl groups is 1. The fourth-order valence-electron chi connectivity index (χ4n) is 2.97. The van der Waals surface area contributed by atoms with Crippen LogP contribution in [0.5, 0.6) is 0 Å². The van der Waals surface area contributed by atoms with Gasteiger partial charge in [-0.25, -0.2) is 4.52 Å². The van der Waals surface area contributed by atoms with Crippen molar-refractivity contribution >= 4 is 23.2 Å². The molecule has 0 saturated heterocycles. The van der Waals surface area contributed by atoms with Gasteiger partial charge in [-0.3, -0.25) is 0 Å². The summed E-state index contributed by atoms with van der Waals surface area (Å²) in [4.78, 5) is 4.36. The summed E-state index contributed by atoms with van der Waals surface area (Å²) in [6, 6.07) is 3.60. The number of halogens is 1. The first-order chi connectivity index (χ1) is 9.54. The molecule has 2 heterocycles. The molecule has 0 aliphatic heterocycles. The fourth-order valence-corrected chi connectivity index (χ4v) is 3.12. The molecule has 2 N–H and O–H groups in total. The van der Waals surface area contributed by atoms with Crippen LogP contribution in [0.15, 0.2) is 18.3 Å². The van der Waals surface area contributed by atoms with Crippen molar-refractivity contribution in [2.24, 2.45) is 5.92 Å². The Bertz CT molecular complexity index is 614. The highest BCUT2D eigenvalue weighted by atomic mass is 35.5. The maximum absolute atomic E-state index is 10.6. The SMILES string of the molecule is CC1CCCC(O)(CNc2nc3ccc(Cl)cn3n2)C1. The molecule has 3 rings (SSSR count). The zero-order chi connectivity index (χ0) is 14.2. The van der Waals surface area contributed by atoms with E-state index in [4.69, 9.17) is 11.6 Å². The molecule has 6 heteroatoms. The lowest BCUT2D eigenvalue weighted by atomic mass is 9.79. The molecule has 2 aromatic rings. The van der Waals surface area contributed by atoms with Gasteiger partial charge in [-0.2, -0.15) is 4.98 Å². The lowest BCUT2D eigenvalue weighted by Crippen LogP contribution is -2.41. The Morgan fingerprint density at radius 1 is 1.55 bits per heavy atom. The van der Waals surface area contributed by atoms with E-state index in [0.29, 0.717) is 23.4 Å². The Morgan fingerprint density at radius 2 is 2.40 bits per heavy atom. The standard InChI is InChI=1S/C14H19ClN4O/c1-10-3-2-6-14(20,7-10)9-16-13-17-12-5-4-11(15)8-19(12)18-13/h4-5,8,10,20H,2-3,6-7,9H2,1H3,(H,16,18).